The van der Waals surface area contributed by atoms with Crippen LogP contribution >= 0.6 is 27.7 Å². The fraction of sp³-hybridized carbons (Fsp3) is 0.125. The van der Waals surface area contributed by atoms with Crippen molar-refractivity contribution in [3.8, 4) is 6.07 Å². The van der Waals surface area contributed by atoms with E-state index in [4.69, 9.17) is 11.0 Å². The van der Waals surface area contributed by atoms with Gasteiger partial charge in [-0.15, -0.1) is 11.8 Å². The Balaban J connectivity index is 2.45. The van der Waals surface area contributed by atoms with E-state index in [1.807, 2.05) is 18.4 Å². The van der Waals surface area contributed by atoms with E-state index in [2.05, 4.69) is 22.0 Å². The number of nitriles is 1. The van der Waals surface area contributed by atoms with Crippen molar-refractivity contribution in [3.63, 3.8) is 0 Å². The molecule has 21 heavy (non-hydrogen) atoms. The van der Waals surface area contributed by atoms with E-state index in [0.717, 1.165) is 4.47 Å². The Bertz CT molecular complexity index is 707. The Hall–Kier alpha value is -1.77. The number of nitrogens with zero attached hydrogens (tertiary/aromatic N) is 1. The molecule has 1 atom stereocenters. The molecular weight excluding hydrogens is 348 g/mol. The van der Waals surface area contributed by atoms with E-state index in [1.165, 1.54) is 11.8 Å². The number of nitrogen functional groups attached to an aromatic ring is 1. The molecule has 3 nitrogen and oxygen atoms in total. The zero-order valence-electron chi connectivity index (χ0n) is 11.3. The summed E-state index contributed by atoms with van der Waals surface area (Å²) in [6.45, 7) is 0. The van der Waals surface area contributed by atoms with Crippen molar-refractivity contribution >= 4 is 39.2 Å². The summed E-state index contributed by atoms with van der Waals surface area (Å²) in [5, 5.41) is 8.79. The minimum atomic E-state index is -0.373. The number of hydrogen-bond acceptors (Lipinski definition) is 4. The second kappa shape index (κ2) is 6.79. The Labute approximate surface area is 136 Å². The summed E-state index contributed by atoms with van der Waals surface area (Å²) >= 11 is 4.74. The third kappa shape index (κ3) is 3.29. The van der Waals surface area contributed by atoms with Gasteiger partial charge in [-0.2, -0.15) is 5.26 Å². The van der Waals surface area contributed by atoms with Crippen LogP contribution in [0.4, 0.5) is 5.69 Å². The lowest BCUT2D eigenvalue weighted by Crippen LogP contribution is -2.08. The molecule has 0 heterocycles. The summed E-state index contributed by atoms with van der Waals surface area (Å²) in [5.74, 6) is -0.139. The molecule has 0 saturated carbocycles. The highest BCUT2D eigenvalue weighted by Gasteiger charge is 2.18. The van der Waals surface area contributed by atoms with Crippen LogP contribution in [0.2, 0.25) is 0 Å². The molecule has 2 aromatic carbocycles. The fourth-order valence-electron chi connectivity index (χ4n) is 2.02. The molecule has 0 aliphatic heterocycles. The quantitative estimate of drug-likeness (QED) is 0.655. The van der Waals surface area contributed by atoms with E-state index in [1.54, 1.807) is 30.3 Å². The molecule has 0 spiro atoms. The van der Waals surface area contributed by atoms with E-state index >= 15 is 0 Å². The third-order valence-electron chi connectivity index (χ3n) is 3.13. The number of para-hydroxylation sites is 1. The highest BCUT2D eigenvalue weighted by Crippen LogP contribution is 2.32. The molecule has 0 fully saturated rings. The van der Waals surface area contributed by atoms with Gasteiger partial charge in [0, 0.05) is 26.9 Å². The summed E-state index contributed by atoms with van der Waals surface area (Å²) in [5.41, 5.74) is 8.18. The molecule has 106 valence electrons. The number of nitrogens with two attached hydrogens (primary N) is 1. The predicted molar refractivity (Wildman–Crippen MR) is 90.3 cm³/mol. The summed E-state index contributed by atoms with van der Waals surface area (Å²) in [6.07, 6.45) is 1.84. The summed E-state index contributed by atoms with van der Waals surface area (Å²) in [6, 6.07) is 14.5. The number of hydrogen-bond donors (Lipinski definition) is 1. The van der Waals surface area contributed by atoms with Crippen molar-refractivity contribution in [2.24, 2.45) is 0 Å². The minimum Gasteiger partial charge on any atom is -0.398 e. The van der Waals surface area contributed by atoms with Crippen molar-refractivity contribution < 1.29 is 4.79 Å². The molecule has 0 aliphatic carbocycles. The number of rotatable bonds is 4. The van der Waals surface area contributed by atoms with Crippen molar-refractivity contribution in [2.45, 2.75) is 5.25 Å². The standard InChI is InChI=1S/C16H13BrN2OS/c1-21-14(9-18)12-3-2-4-13(15(12)19)16(20)10-5-7-11(17)8-6-10/h2-8,14H,19H2,1H3. The maximum absolute atomic E-state index is 12.5. The Morgan fingerprint density at radius 1 is 1.29 bits per heavy atom. The molecule has 0 saturated heterocycles. The van der Waals surface area contributed by atoms with Gasteiger partial charge < -0.3 is 5.73 Å². The number of anilines is 1. The van der Waals surface area contributed by atoms with Gasteiger partial charge in [-0.1, -0.05) is 28.1 Å². The minimum absolute atomic E-state index is 0.139. The van der Waals surface area contributed by atoms with Crippen molar-refractivity contribution in [1.29, 1.82) is 5.26 Å². The monoisotopic (exact) mass is 360 g/mol. The first-order chi connectivity index (χ1) is 10.1. The van der Waals surface area contributed by atoms with Gasteiger partial charge in [0.2, 0.25) is 0 Å². The first-order valence-corrected chi connectivity index (χ1v) is 8.27. The summed E-state index contributed by atoms with van der Waals surface area (Å²) in [4.78, 5) is 12.5. The normalized spacial score (nSPS) is 11.7. The third-order valence-corrected chi connectivity index (χ3v) is 4.49. The molecule has 5 heteroatoms. The lowest BCUT2D eigenvalue weighted by Gasteiger charge is -2.13. The molecule has 0 bridgehead atoms. The molecule has 2 aromatic rings. The Kier molecular flexibility index (Phi) is 5.05. The van der Waals surface area contributed by atoms with Gasteiger partial charge in [0.25, 0.3) is 0 Å². The summed E-state index contributed by atoms with van der Waals surface area (Å²) in [7, 11) is 0. The SMILES string of the molecule is CSC(C#N)c1cccc(C(=O)c2ccc(Br)cc2)c1N. The van der Waals surface area contributed by atoms with Gasteiger partial charge in [-0.25, -0.2) is 0 Å². The highest BCUT2D eigenvalue weighted by molar-refractivity contribution is 9.10. The second-order valence-corrected chi connectivity index (χ2v) is 6.25. The van der Waals surface area contributed by atoms with Crippen LogP contribution in [0.3, 0.4) is 0 Å². The lowest BCUT2D eigenvalue weighted by atomic mass is 9.98. The first kappa shape index (κ1) is 15.6. The van der Waals surface area contributed by atoms with E-state index in [9.17, 15) is 4.79 Å². The van der Waals surface area contributed by atoms with Gasteiger partial charge in [0.15, 0.2) is 5.78 Å². The lowest BCUT2D eigenvalue weighted by molar-refractivity contribution is 0.103. The number of benzene rings is 2. The smallest absolute Gasteiger partial charge is 0.195 e. The Morgan fingerprint density at radius 3 is 2.52 bits per heavy atom. The average molecular weight is 361 g/mol. The van der Waals surface area contributed by atoms with Crippen LogP contribution < -0.4 is 5.73 Å². The van der Waals surface area contributed by atoms with Crippen LogP contribution in [0.15, 0.2) is 46.9 Å². The molecule has 0 amide bonds. The van der Waals surface area contributed by atoms with E-state index in [-0.39, 0.29) is 11.0 Å². The van der Waals surface area contributed by atoms with Gasteiger partial charge in [0.05, 0.1) is 6.07 Å². The number of halogens is 1. The number of thioether (sulfide) groups is 1. The highest BCUT2D eigenvalue weighted by atomic mass is 79.9. The Morgan fingerprint density at radius 2 is 1.95 bits per heavy atom. The van der Waals surface area contributed by atoms with Gasteiger partial charge in [-0.05, 0) is 36.6 Å². The molecule has 2 rings (SSSR count). The summed E-state index contributed by atoms with van der Waals surface area (Å²) < 4.78 is 0.910. The molecule has 1 unspecified atom stereocenters. The largest absolute Gasteiger partial charge is 0.398 e. The molecular formula is C16H13BrN2OS. The van der Waals surface area contributed by atoms with Crippen LogP contribution in [0.5, 0.6) is 0 Å². The first-order valence-electron chi connectivity index (χ1n) is 6.19. The van der Waals surface area contributed by atoms with Crippen LogP contribution in [-0.4, -0.2) is 12.0 Å². The zero-order chi connectivity index (χ0) is 15.4. The maximum Gasteiger partial charge on any atom is 0.195 e. The van der Waals surface area contributed by atoms with Crippen molar-refractivity contribution in [3.05, 3.63) is 63.6 Å². The van der Waals surface area contributed by atoms with Crippen molar-refractivity contribution in [1.82, 2.24) is 0 Å². The number of carbonyl (C=O) groups is 1. The second-order valence-electron chi connectivity index (χ2n) is 4.39. The van der Waals surface area contributed by atoms with Crippen LogP contribution in [0, 0.1) is 11.3 Å². The molecule has 0 aliphatic rings. The topological polar surface area (TPSA) is 66.9 Å². The number of ketones is 1. The fourth-order valence-corrected chi connectivity index (χ4v) is 2.84. The predicted octanol–water partition coefficient (Wildman–Crippen LogP) is 4.19. The van der Waals surface area contributed by atoms with E-state index in [0.29, 0.717) is 22.4 Å². The van der Waals surface area contributed by atoms with Gasteiger partial charge in [-0.3, -0.25) is 4.79 Å². The molecule has 0 aromatic heterocycles. The van der Waals surface area contributed by atoms with Crippen molar-refractivity contribution in [2.75, 3.05) is 12.0 Å². The van der Waals surface area contributed by atoms with Crippen LogP contribution in [-0.2, 0) is 0 Å². The van der Waals surface area contributed by atoms with Crippen LogP contribution in [0.1, 0.15) is 26.7 Å². The van der Waals surface area contributed by atoms with Gasteiger partial charge in [0.1, 0.15) is 5.25 Å². The average Bonchev–Trinajstić information content (AvgIpc) is 2.50. The molecule has 0 radical (unpaired) electrons. The zero-order valence-corrected chi connectivity index (χ0v) is 13.7. The van der Waals surface area contributed by atoms with Crippen LogP contribution in [0.25, 0.3) is 0 Å². The van der Waals surface area contributed by atoms with Gasteiger partial charge >= 0.3 is 0 Å². The molecule has 2 N–H and O–H groups in total. The maximum atomic E-state index is 12.5. The number of carbonyl (C=O) groups excluding carboxylic acids is 1. The van der Waals surface area contributed by atoms with E-state index < -0.39 is 0 Å².